The van der Waals surface area contributed by atoms with Crippen molar-refractivity contribution in [3.8, 4) is 0 Å². The van der Waals surface area contributed by atoms with Gasteiger partial charge in [-0.05, 0) is 32.1 Å². The number of hydrogen-bond donors (Lipinski definition) is 0. The summed E-state index contributed by atoms with van der Waals surface area (Å²) >= 11 is 0. The molecule has 1 saturated carbocycles. The monoisotopic (exact) mass is 125 g/mol. The van der Waals surface area contributed by atoms with Gasteiger partial charge in [-0.15, -0.1) is 0 Å². The molecular weight excluding hydrogens is 112 g/mol. The van der Waals surface area contributed by atoms with E-state index in [9.17, 15) is 4.79 Å². The second kappa shape index (κ2) is 2.51. The molecule has 0 spiro atoms. The molecule has 0 bridgehead atoms. The van der Waals surface area contributed by atoms with Crippen molar-refractivity contribution in [1.29, 1.82) is 0 Å². The molecule has 9 heavy (non-hydrogen) atoms. The molecule has 1 radical (unpaired) electrons. The van der Waals surface area contributed by atoms with E-state index in [4.69, 9.17) is 0 Å². The molecule has 0 amide bonds. The van der Waals surface area contributed by atoms with Crippen LogP contribution in [-0.4, -0.2) is 6.29 Å². The summed E-state index contributed by atoms with van der Waals surface area (Å²) in [7, 11) is 0. The van der Waals surface area contributed by atoms with Crippen molar-refractivity contribution in [3.63, 3.8) is 0 Å². The largest absolute Gasteiger partial charge is 0.303 e. The predicted octanol–water partition coefficient (Wildman–Crippen LogP) is 1.97. The van der Waals surface area contributed by atoms with Gasteiger partial charge in [-0.1, -0.05) is 6.92 Å². The Morgan fingerprint density at radius 2 is 2.00 bits per heavy atom. The maximum absolute atomic E-state index is 10.5. The maximum atomic E-state index is 10.5. The van der Waals surface area contributed by atoms with Gasteiger partial charge in [0.25, 0.3) is 0 Å². The average molecular weight is 125 g/mol. The molecule has 1 fully saturated rings. The molecule has 0 atom stereocenters. The van der Waals surface area contributed by atoms with Crippen LogP contribution in [0.5, 0.6) is 0 Å². The molecule has 0 N–H and O–H groups in total. The Hall–Kier alpha value is -0.330. The molecule has 0 aromatic carbocycles. The Balaban J connectivity index is 2.46. The minimum atomic E-state index is 0.00868. The molecule has 0 unspecified atom stereocenters. The molecule has 1 nitrogen and oxygen atoms in total. The molecule has 1 rings (SSSR count). The fraction of sp³-hybridized carbons (Fsp3) is 0.750. The van der Waals surface area contributed by atoms with Gasteiger partial charge in [0.15, 0.2) is 0 Å². The van der Waals surface area contributed by atoms with Crippen LogP contribution in [0.15, 0.2) is 0 Å². The molecule has 0 aromatic rings. The Morgan fingerprint density at radius 1 is 1.44 bits per heavy atom. The highest BCUT2D eigenvalue weighted by Gasteiger charge is 2.25. The first-order valence-electron chi connectivity index (χ1n) is 3.55. The van der Waals surface area contributed by atoms with E-state index in [1.807, 2.05) is 6.92 Å². The summed E-state index contributed by atoms with van der Waals surface area (Å²) in [4.78, 5) is 10.5. The normalized spacial score (nSPS) is 25.4. The Morgan fingerprint density at radius 3 is 2.33 bits per heavy atom. The first-order valence-corrected chi connectivity index (χ1v) is 3.55. The summed E-state index contributed by atoms with van der Waals surface area (Å²) in [6.45, 7) is 2.05. The number of carbonyl (C=O) groups excluding carboxylic acids is 1. The maximum Gasteiger partial charge on any atom is 0.125 e. The fourth-order valence-corrected chi connectivity index (χ4v) is 1.25. The van der Waals surface area contributed by atoms with Crippen LogP contribution < -0.4 is 0 Å². The first-order chi connectivity index (χ1) is 4.27. The Kier molecular flexibility index (Phi) is 1.89. The minimum absolute atomic E-state index is 0.00868. The number of rotatable bonds is 1. The highest BCUT2D eigenvalue weighted by Crippen LogP contribution is 2.32. The van der Waals surface area contributed by atoms with E-state index in [1.54, 1.807) is 0 Å². The highest BCUT2D eigenvalue weighted by atomic mass is 16.1. The fourth-order valence-electron chi connectivity index (χ4n) is 1.25. The third-order valence-electron chi connectivity index (χ3n) is 2.12. The van der Waals surface area contributed by atoms with Crippen LogP contribution >= 0.6 is 0 Å². The third kappa shape index (κ3) is 1.54. The first kappa shape index (κ1) is 6.79. The van der Waals surface area contributed by atoms with Crippen LogP contribution in [0.25, 0.3) is 0 Å². The van der Waals surface area contributed by atoms with Gasteiger partial charge in [-0.2, -0.15) is 0 Å². The van der Waals surface area contributed by atoms with E-state index in [0.29, 0.717) is 0 Å². The number of carbonyl (C=O) groups is 1. The highest BCUT2D eigenvalue weighted by molar-refractivity contribution is 5.58. The van der Waals surface area contributed by atoms with Crippen LogP contribution in [0.1, 0.15) is 32.6 Å². The quantitative estimate of drug-likeness (QED) is 0.490. The van der Waals surface area contributed by atoms with Crippen molar-refractivity contribution >= 4 is 6.29 Å². The topological polar surface area (TPSA) is 17.1 Å². The molecule has 1 aliphatic carbocycles. The van der Waals surface area contributed by atoms with Gasteiger partial charge >= 0.3 is 0 Å². The third-order valence-corrected chi connectivity index (χ3v) is 2.12. The Bertz CT molecular complexity index is 101. The van der Waals surface area contributed by atoms with Gasteiger partial charge in [-0.25, -0.2) is 0 Å². The van der Waals surface area contributed by atoms with Crippen LogP contribution in [0, 0.1) is 11.8 Å². The zero-order chi connectivity index (χ0) is 6.74. The van der Waals surface area contributed by atoms with Crippen molar-refractivity contribution in [3.05, 3.63) is 6.42 Å². The Labute approximate surface area is 56.4 Å². The van der Waals surface area contributed by atoms with Crippen LogP contribution in [0.3, 0.4) is 0 Å². The van der Waals surface area contributed by atoms with Crippen LogP contribution in [0.2, 0.25) is 0 Å². The zero-order valence-corrected chi connectivity index (χ0v) is 5.89. The lowest BCUT2D eigenvalue weighted by Gasteiger charge is -2.26. The SMILES string of the molecule is CC1(C=O)CC[CH]CC1. The van der Waals surface area contributed by atoms with Gasteiger partial charge < -0.3 is 4.79 Å². The molecule has 0 saturated heterocycles. The lowest BCUT2D eigenvalue weighted by molar-refractivity contribution is -0.116. The van der Waals surface area contributed by atoms with Gasteiger partial charge in [0.1, 0.15) is 6.29 Å². The van der Waals surface area contributed by atoms with Crippen molar-refractivity contribution in [2.45, 2.75) is 32.6 Å². The average Bonchev–Trinajstić information content (AvgIpc) is 1.90. The van der Waals surface area contributed by atoms with E-state index < -0.39 is 0 Å². The van der Waals surface area contributed by atoms with Crippen LogP contribution in [-0.2, 0) is 4.79 Å². The summed E-state index contributed by atoms with van der Waals surface area (Å²) in [5, 5.41) is 0. The zero-order valence-electron chi connectivity index (χ0n) is 5.89. The molecule has 1 aliphatic rings. The molecule has 51 valence electrons. The van der Waals surface area contributed by atoms with Gasteiger partial charge in [0.05, 0.1) is 0 Å². The van der Waals surface area contributed by atoms with Crippen molar-refractivity contribution in [2.75, 3.05) is 0 Å². The lowest BCUT2D eigenvalue weighted by atomic mass is 9.77. The predicted molar refractivity (Wildman–Crippen MR) is 36.9 cm³/mol. The van der Waals surface area contributed by atoms with E-state index in [-0.39, 0.29) is 5.41 Å². The molecular formula is C8H13O. The minimum Gasteiger partial charge on any atom is -0.303 e. The summed E-state index contributed by atoms with van der Waals surface area (Å²) < 4.78 is 0. The number of hydrogen-bond acceptors (Lipinski definition) is 1. The van der Waals surface area contributed by atoms with E-state index in [1.165, 1.54) is 0 Å². The van der Waals surface area contributed by atoms with Crippen LogP contribution in [0.4, 0.5) is 0 Å². The summed E-state index contributed by atoms with van der Waals surface area (Å²) in [6, 6.07) is 0. The van der Waals surface area contributed by atoms with E-state index in [2.05, 4.69) is 6.42 Å². The summed E-state index contributed by atoms with van der Waals surface area (Å²) in [5.41, 5.74) is 0.00868. The van der Waals surface area contributed by atoms with Crippen molar-refractivity contribution < 1.29 is 4.79 Å². The van der Waals surface area contributed by atoms with E-state index in [0.717, 1.165) is 32.0 Å². The lowest BCUT2D eigenvalue weighted by Crippen LogP contribution is -2.21. The molecule has 1 heteroatoms. The molecule has 0 heterocycles. The molecule has 0 aromatic heterocycles. The van der Waals surface area contributed by atoms with Gasteiger partial charge in [-0.3, -0.25) is 0 Å². The standard InChI is InChI=1S/C8H13O/c1-8(7-9)5-3-2-4-6-8/h2,7H,3-6H2,1H3. The summed E-state index contributed by atoms with van der Waals surface area (Å²) in [6.07, 6.45) is 7.72. The van der Waals surface area contributed by atoms with Gasteiger partial charge in [0, 0.05) is 5.41 Å². The number of aldehydes is 1. The van der Waals surface area contributed by atoms with Gasteiger partial charge in [0.2, 0.25) is 0 Å². The smallest absolute Gasteiger partial charge is 0.125 e. The van der Waals surface area contributed by atoms with E-state index >= 15 is 0 Å². The van der Waals surface area contributed by atoms with Crippen molar-refractivity contribution in [1.82, 2.24) is 0 Å². The van der Waals surface area contributed by atoms with Crippen molar-refractivity contribution in [2.24, 2.45) is 5.41 Å². The second-order valence-electron chi connectivity index (χ2n) is 3.14. The molecule has 0 aliphatic heterocycles. The second-order valence-corrected chi connectivity index (χ2v) is 3.14. The summed E-state index contributed by atoms with van der Waals surface area (Å²) in [5.74, 6) is 0.